The molecule has 0 aromatic rings. The summed E-state index contributed by atoms with van der Waals surface area (Å²) < 4.78 is 32.7. The topological polar surface area (TPSA) is 134 Å². The number of allylic oxidation sites excluding steroid dienone is 28. The van der Waals surface area contributed by atoms with Crippen molar-refractivity contribution in [2.24, 2.45) is 5.73 Å². The minimum absolute atomic E-state index is 0.0268. The maximum Gasteiger partial charge on any atom is 0.472 e. The van der Waals surface area contributed by atoms with Crippen molar-refractivity contribution in [2.45, 2.75) is 148 Å². The van der Waals surface area contributed by atoms with Crippen molar-refractivity contribution >= 4 is 19.8 Å². The molecule has 0 radical (unpaired) electrons. The first-order chi connectivity index (χ1) is 32.8. The van der Waals surface area contributed by atoms with Gasteiger partial charge in [-0.3, -0.25) is 18.6 Å². The van der Waals surface area contributed by atoms with Crippen LogP contribution in [0.3, 0.4) is 0 Å². The fourth-order valence-electron chi connectivity index (χ4n) is 5.56. The molecule has 0 fully saturated rings. The Kier molecular flexibility index (Phi) is 47.3. The van der Waals surface area contributed by atoms with Crippen LogP contribution in [0.25, 0.3) is 0 Å². The van der Waals surface area contributed by atoms with Crippen LogP contribution in [0.4, 0.5) is 0 Å². The largest absolute Gasteiger partial charge is 0.472 e. The Morgan fingerprint density at radius 2 is 0.791 bits per heavy atom. The Morgan fingerprint density at radius 3 is 1.15 bits per heavy atom. The quantitative estimate of drug-likeness (QED) is 0.0265. The molecule has 0 spiro atoms. The molecular formula is C57H86NO8P. The second-order valence-electron chi connectivity index (χ2n) is 15.2. The van der Waals surface area contributed by atoms with Crippen LogP contribution in [-0.4, -0.2) is 49.3 Å². The zero-order valence-corrected chi connectivity index (χ0v) is 41.9. The van der Waals surface area contributed by atoms with Crippen LogP contribution in [0.5, 0.6) is 0 Å². The highest BCUT2D eigenvalue weighted by Gasteiger charge is 2.25. The molecule has 0 aromatic carbocycles. The van der Waals surface area contributed by atoms with E-state index in [1.165, 1.54) is 0 Å². The Balaban J connectivity index is 4.24. The predicted octanol–water partition coefficient (Wildman–Crippen LogP) is 15.2. The number of unbranched alkanes of at least 4 members (excludes halogenated alkanes) is 2. The van der Waals surface area contributed by atoms with E-state index in [1.54, 1.807) is 0 Å². The molecule has 2 atom stereocenters. The van der Waals surface area contributed by atoms with E-state index in [2.05, 4.69) is 172 Å². The number of esters is 2. The third kappa shape index (κ3) is 50.6. The van der Waals surface area contributed by atoms with Crippen molar-refractivity contribution in [1.82, 2.24) is 0 Å². The van der Waals surface area contributed by atoms with Crippen LogP contribution in [0.2, 0.25) is 0 Å². The molecule has 67 heavy (non-hydrogen) atoms. The number of phosphoric acid groups is 1. The highest BCUT2D eigenvalue weighted by Crippen LogP contribution is 2.43. The van der Waals surface area contributed by atoms with Gasteiger partial charge in [0.25, 0.3) is 0 Å². The number of hydrogen-bond acceptors (Lipinski definition) is 8. The normalized spacial score (nSPS) is 14.6. The molecule has 0 saturated heterocycles. The maximum atomic E-state index is 12.6. The number of phosphoric ester groups is 1. The van der Waals surface area contributed by atoms with Gasteiger partial charge < -0.3 is 20.1 Å². The lowest BCUT2D eigenvalue weighted by atomic mass is 10.2. The van der Waals surface area contributed by atoms with Crippen LogP contribution >= 0.6 is 7.82 Å². The van der Waals surface area contributed by atoms with Crippen LogP contribution in [-0.2, 0) is 32.7 Å². The number of carbonyl (C=O) groups is 2. The van der Waals surface area contributed by atoms with Crippen molar-refractivity contribution in [3.05, 3.63) is 170 Å². The lowest BCUT2D eigenvalue weighted by Crippen LogP contribution is -2.29. The number of carbonyl (C=O) groups excluding carboxylic acids is 2. The fourth-order valence-corrected chi connectivity index (χ4v) is 6.32. The van der Waals surface area contributed by atoms with Gasteiger partial charge >= 0.3 is 19.8 Å². The zero-order chi connectivity index (χ0) is 48.8. The monoisotopic (exact) mass is 944 g/mol. The Bertz CT molecular complexity index is 1690. The van der Waals surface area contributed by atoms with Gasteiger partial charge in [0.2, 0.25) is 0 Å². The molecule has 0 bridgehead atoms. The summed E-state index contributed by atoms with van der Waals surface area (Å²) in [5.41, 5.74) is 5.35. The average Bonchev–Trinajstić information content (AvgIpc) is 3.32. The molecule has 0 aliphatic rings. The highest BCUT2D eigenvalue weighted by atomic mass is 31.2. The minimum Gasteiger partial charge on any atom is -0.462 e. The summed E-state index contributed by atoms with van der Waals surface area (Å²) in [7, 11) is -4.42. The average molecular weight is 944 g/mol. The predicted molar refractivity (Wildman–Crippen MR) is 283 cm³/mol. The number of hydrogen-bond donors (Lipinski definition) is 2. The van der Waals surface area contributed by atoms with Gasteiger partial charge in [-0.25, -0.2) is 4.57 Å². The molecule has 0 aromatic heterocycles. The summed E-state index contributed by atoms with van der Waals surface area (Å²) in [6.45, 7) is 3.32. The molecule has 0 rings (SSSR count). The second kappa shape index (κ2) is 50.8. The van der Waals surface area contributed by atoms with Crippen molar-refractivity contribution in [3.8, 4) is 0 Å². The van der Waals surface area contributed by atoms with E-state index in [-0.39, 0.29) is 32.6 Å². The Hall–Kier alpha value is -4.63. The number of rotatable bonds is 43. The van der Waals surface area contributed by atoms with Crippen molar-refractivity contribution < 1.29 is 37.6 Å². The van der Waals surface area contributed by atoms with Crippen molar-refractivity contribution in [3.63, 3.8) is 0 Å². The molecule has 0 amide bonds. The molecule has 0 aliphatic carbocycles. The van der Waals surface area contributed by atoms with E-state index >= 15 is 0 Å². The third-order valence-electron chi connectivity index (χ3n) is 9.11. The van der Waals surface area contributed by atoms with E-state index in [4.69, 9.17) is 24.3 Å². The first-order valence-electron chi connectivity index (χ1n) is 24.6. The summed E-state index contributed by atoms with van der Waals surface area (Å²) >= 11 is 0. The van der Waals surface area contributed by atoms with Gasteiger partial charge in [0.05, 0.1) is 13.2 Å². The van der Waals surface area contributed by atoms with Gasteiger partial charge in [0.1, 0.15) is 6.61 Å². The molecule has 0 aliphatic heterocycles. The van der Waals surface area contributed by atoms with Gasteiger partial charge in [-0.1, -0.05) is 184 Å². The minimum atomic E-state index is -4.42. The molecule has 10 heteroatoms. The molecule has 2 unspecified atom stereocenters. The molecule has 372 valence electrons. The van der Waals surface area contributed by atoms with E-state index in [1.807, 2.05) is 12.2 Å². The lowest BCUT2D eigenvalue weighted by Gasteiger charge is -2.19. The molecule has 0 saturated carbocycles. The van der Waals surface area contributed by atoms with E-state index in [9.17, 15) is 19.0 Å². The fraction of sp³-hybridized carbons (Fsp3) is 0.474. The maximum absolute atomic E-state index is 12.6. The third-order valence-corrected chi connectivity index (χ3v) is 10.1. The van der Waals surface area contributed by atoms with Crippen LogP contribution in [0.15, 0.2) is 170 Å². The van der Waals surface area contributed by atoms with Crippen molar-refractivity contribution in [2.75, 3.05) is 26.4 Å². The van der Waals surface area contributed by atoms with E-state index in [0.29, 0.717) is 12.8 Å². The van der Waals surface area contributed by atoms with Gasteiger partial charge in [0, 0.05) is 19.4 Å². The Labute approximate surface area is 406 Å². The SMILES string of the molecule is CC/C=C\C/C=C\C/C=C\C/C=C\C/C=C\C/C=C\C/C=C\C/C=C\C/C=C\C/C=C\CCCCC(=O)OC(COC(=O)CC/C=C\C/C=C\C/C=C\C/C=C\CC)COP(=O)(O)OCCN. The van der Waals surface area contributed by atoms with Crippen LogP contribution in [0, 0.1) is 0 Å². The number of nitrogens with two attached hydrogens (primary N) is 1. The first-order valence-corrected chi connectivity index (χ1v) is 26.1. The van der Waals surface area contributed by atoms with Crippen LogP contribution in [0.1, 0.15) is 142 Å². The van der Waals surface area contributed by atoms with Gasteiger partial charge in [-0.05, 0) is 116 Å². The molecule has 9 nitrogen and oxygen atoms in total. The molecule has 3 N–H and O–H groups in total. The summed E-state index contributed by atoms with van der Waals surface area (Å²) in [6, 6.07) is 0. The smallest absolute Gasteiger partial charge is 0.462 e. The van der Waals surface area contributed by atoms with Crippen LogP contribution < -0.4 is 5.73 Å². The lowest BCUT2D eigenvalue weighted by molar-refractivity contribution is -0.161. The first kappa shape index (κ1) is 62.4. The van der Waals surface area contributed by atoms with E-state index in [0.717, 1.165) is 103 Å². The summed E-state index contributed by atoms with van der Waals surface area (Å²) in [5, 5.41) is 0. The zero-order valence-electron chi connectivity index (χ0n) is 41.0. The molecule has 0 heterocycles. The molecular weight excluding hydrogens is 858 g/mol. The number of ether oxygens (including phenoxy) is 2. The second-order valence-corrected chi connectivity index (χ2v) is 16.7. The van der Waals surface area contributed by atoms with Gasteiger partial charge in [-0.15, -0.1) is 0 Å². The van der Waals surface area contributed by atoms with Gasteiger partial charge in [0.15, 0.2) is 6.10 Å². The highest BCUT2D eigenvalue weighted by molar-refractivity contribution is 7.47. The van der Waals surface area contributed by atoms with Gasteiger partial charge in [-0.2, -0.15) is 0 Å². The standard InChI is InChI=1S/C57H86NO8P/c1-3-5-7-9-11-13-15-17-18-19-20-21-22-23-24-25-26-27-28-29-30-31-32-33-34-35-36-38-40-42-44-46-48-50-57(60)66-55(54-65-67(61,62)64-52-51-58)53-63-56(59)49-47-45-43-41-39-37-16-14-12-10-8-6-4-2/h5-8,11-14,17-18,20-21,23-24,26-27,29-30,32-33,35-37,39-40,42-43,45,55H,3-4,9-10,15-16,19,22,25,28,31,34,38,41,44,46-54,58H2,1-2H3,(H,61,62)/b7-5-,8-6-,13-11-,14-12-,18-17-,21-20-,24-23-,27-26-,30-29-,33-32-,36-35-,39-37-,42-40-,45-43-. The summed E-state index contributed by atoms with van der Waals surface area (Å²) in [6.07, 6.45) is 75.7. The Morgan fingerprint density at radius 1 is 0.448 bits per heavy atom. The summed E-state index contributed by atoms with van der Waals surface area (Å²) in [5.74, 6) is -0.995. The summed E-state index contributed by atoms with van der Waals surface area (Å²) in [4.78, 5) is 34.9. The van der Waals surface area contributed by atoms with E-state index < -0.39 is 32.5 Å². The van der Waals surface area contributed by atoms with Crippen molar-refractivity contribution in [1.29, 1.82) is 0 Å².